The van der Waals surface area contributed by atoms with Gasteiger partial charge in [-0.3, -0.25) is 4.79 Å². The highest BCUT2D eigenvalue weighted by Crippen LogP contribution is 2.14. The SMILES string of the molecule is C=C(O)CCCCCCCCCCCCCCCCC(=O)NC(CCC=O)C(=O)O. The van der Waals surface area contributed by atoms with Gasteiger partial charge in [-0.1, -0.05) is 83.6 Å². The van der Waals surface area contributed by atoms with Crippen molar-refractivity contribution in [1.82, 2.24) is 5.32 Å². The van der Waals surface area contributed by atoms with E-state index in [1.54, 1.807) is 0 Å². The van der Waals surface area contributed by atoms with E-state index in [0.29, 0.717) is 18.5 Å². The first-order valence-corrected chi connectivity index (χ1v) is 11.8. The van der Waals surface area contributed by atoms with Crippen LogP contribution in [0.3, 0.4) is 0 Å². The molecular weight excluding hydrogens is 382 g/mol. The topological polar surface area (TPSA) is 104 Å². The van der Waals surface area contributed by atoms with Crippen molar-refractivity contribution in [2.24, 2.45) is 0 Å². The molecule has 0 aromatic carbocycles. The van der Waals surface area contributed by atoms with Crippen molar-refractivity contribution in [3.63, 3.8) is 0 Å². The average molecular weight is 426 g/mol. The minimum atomic E-state index is -1.09. The van der Waals surface area contributed by atoms with E-state index in [4.69, 9.17) is 10.2 Å². The molecule has 0 saturated heterocycles. The number of carboxylic acids is 1. The van der Waals surface area contributed by atoms with Gasteiger partial charge in [-0.05, 0) is 19.3 Å². The molecule has 0 bridgehead atoms. The molecule has 30 heavy (non-hydrogen) atoms. The maximum absolute atomic E-state index is 11.8. The molecule has 6 heteroatoms. The summed E-state index contributed by atoms with van der Waals surface area (Å²) in [6.07, 6.45) is 18.6. The fourth-order valence-corrected chi connectivity index (χ4v) is 3.49. The van der Waals surface area contributed by atoms with Gasteiger partial charge in [0.2, 0.25) is 5.91 Å². The summed E-state index contributed by atoms with van der Waals surface area (Å²) in [6, 6.07) is -0.963. The second-order valence-electron chi connectivity index (χ2n) is 8.22. The van der Waals surface area contributed by atoms with Crippen molar-refractivity contribution in [2.75, 3.05) is 0 Å². The molecule has 3 N–H and O–H groups in total. The molecule has 6 nitrogen and oxygen atoms in total. The van der Waals surface area contributed by atoms with Crippen molar-refractivity contribution in [3.8, 4) is 0 Å². The molecule has 0 aliphatic rings. The summed E-state index contributed by atoms with van der Waals surface area (Å²) in [7, 11) is 0. The Bertz CT molecular complexity index is 478. The van der Waals surface area contributed by atoms with Crippen LogP contribution in [-0.4, -0.2) is 34.4 Å². The van der Waals surface area contributed by atoms with E-state index in [-0.39, 0.29) is 18.7 Å². The fraction of sp³-hybridized carbons (Fsp3) is 0.792. The fourth-order valence-electron chi connectivity index (χ4n) is 3.49. The van der Waals surface area contributed by atoms with Gasteiger partial charge in [-0.2, -0.15) is 0 Å². The zero-order valence-corrected chi connectivity index (χ0v) is 18.7. The zero-order valence-electron chi connectivity index (χ0n) is 18.7. The summed E-state index contributed by atoms with van der Waals surface area (Å²) in [6.45, 7) is 3.50. The second kappa shape index (κ2) is 20.4. The van der Waals surface area contributed by atoms with Gasteiger partial charge in [0.05, 0.1) is 5.76 Å². The number of unbranched alkanes of at least 4 members (excludes halogenated alkanes) is 13. The van der Waals surface area contributed by atoms with Gasteiger partial charge in [0.25, 0.3) is 0 Å². The Kier molecular flexibility index (Phi) is 19.2. The molecule has 174 valence electrons. The van der Waals surface area contributed by atoms with Crippen LogP contribution in [0.2, 0.25) is 0 Å². The van der Waals surface area contributed by atoms with E-state index in [1.807, 2.05) is 0 Å². The summed E-state index contributed by atoms with van der Waals surface area (Å²) < 4.78 is 0. The normalized spacial score (nSPS) is 11.7. The first kappa shape index (κ1) is 28.1. The Morgan fingerprint density at radius 3 is 1.50 bits per heavy atom. The van der Waals surface area contributed by atoms with Gasteiger partial charge in [-0.15, -0.1) is 0 Å². The monoisotopic (exact) mass is 425 g/mol. The van der Waals surface area contributed by atoms with Crippen molar-refractivity contribution in [2.45, 2.75) is 122 Å². The van der Waals surface area contributed by atoms with E-state index in [0.717, 1.165) is 32.1 Å². The Hall–Kier alpha value is -1.85. The Morgan fingerprint density at radius 2 is 1.13 bits per heavy atom. The molecule has 1 atom stereocenters. The van der Waals surface area contributed by atoms with Gasteiger partial charge >= 0.3 is 5.97 Å². The highest BCUT2D eigenvalue weighted by molar-refractivity contribution is 5.83. The summed E-state index contributed by atoms with van der Waals surface area (Å²) >= 11 is 0. The van der Waals surface area contributed by atoms with Crippen LogP contribution in [0.4, 0.5) is 0 Å². The Labute approximate surface area is 182 Å². The number of rotatable bonds is 22. The molecule has 0 aromatic heterocycles. The maximum Gasteiger partial charge on any atom is 0.326 e. The summed E-state index contributed by atoms with van der Waals surface area (Å²) in [5, 5.41) is 20.5. The maximum atomic E-state index is 11.8. The standard InChI is InChI=1S/C24H43NO5/c1-21(27)17-14-12-10-8-6-4-2-3-5-7-9-11-13-15-19-23(28)25-22(24(29)30)18-16-20-26/h20,22,27H,1-19H2,(H,25,28)(H,29,30). The van der Waals surface area contributed by atoms with E-state index in [2.05, 4.69) is 11.9 Å². The third kappa shape index (κ3) is 19.5. The predicted molar refractivity (Wildman–Crippen MR) is 121 cm³/mol. The molecule has 0 saturated carbocycles. The number of carbonyl (C=O) groups excluding carboxylic acids is 2. The van der Waals surface area contributed by atoms with Crippen LogP contribution in [0.25, 0.3) is 0 Å². The molecule has 0 aliphatic heterocycles. The van der Waals surface area contributed by atoms with Gasteiger partial charge in [0.1, 0.15) is 12.3 Å². The first-order valence-electron chi connectivity index (χ1n) is 11.8. The molecular formula is C24H43NO5. The van der Waals surface area contributed by atoms with Gasteiger partial charge in [0.15, 0.2) is 0 Å². The van der Waals surface area contributed by atoms with Crippen LogP contribution >= 0.6 is 0 Å². The number of allylic oxidation sites excluding steroid dienone is 1. The summed E-state index contributed by atoms with van der Waals surface area (Å²) in [5.74, 6) is -1.03. The van der Waals surface area contributed by atoms with Gasteiger partial charge in [-0.25, -0.2) is 4.79 Å². The smallest absolute Gasteiger partial charge is 0.326 e. The lowest BCUT2D eigenvalue weighted by Gasteiger charge is -2.13. The van der Waals surface area contributed by atoms with E-state index in [9.17, 15) is 14.4 Å². The molecule has 0 aromatic rings. The molecule has 0 spiro atoms. The van der Waals surface area contributed by atoms with Crippen LogP contribution in [0, 0.1) is 0 Å². The molecule has 0 heterocycles. The minimum absolute atomic E-state index is 0.138. The van der Waals surface area contributed by atoms with Crippen LogP contribution in [-0.2, 0) is 14.4 Å². The van der Waals surface area contributed by atoms with Gasteiger partial charge in [0, 0.05) is 19.3 Å². The van der Waals surface area contributed by atoms with Crippen LogP contribution < -0.4 is 5.32 Å². The number of aliphatic carboxylic acids is 1. The molecule has 0 fully saturated rings. The Morgan fingerprint density at radius 1 is 0.733 bits per heavy atom. The number of nitrogens with one attached hydrogen (secondary N) is 1. The van der Waals surface area contributed by atoms with E-state index in [1.165, 1.54) is 64.2 Å². The number of amides is 1. The molecule has 1 unspecified atom stereocenters. The highest BCUT2D eigenvalue weighted by Gasteiger charge is 2.18. The van der Waals surface area contributed by atoms with Crippen LogP contribution in [0.15, 0.2) is 12.3 Å². The largest absolute Gasteiger partial charge is 0.513 e. The first-order chi connectivity index (χ1) is 14.5. The summed E-state index contributed by atoms with van der Waals surface area (Å²) in [4.78, 5) is 33.2. The van der Waals surface area contributed by atoms with Gasteiger partial charge < -0.3 is 20.3 Å². The Balaban J connectivity index is 3.37. The molecule has 0 rings (SSSR count). The lowest BCUT2D eigenvalue weighted by Crippen LogP contribution is -2.40. The van der Waals surface area contributed by atoms with E-state index < -0.39 is 12.0 Å². The molecule has 1 amide bonds. The third-order valence-corrected chi connectivity index (χ3v) is 5.33. The van der Waals surface area contributed by atoms with Crippen molar-refractivity contribution in [3.05, 3.63) is 12.3 Å². The number of aldehydes is 1. The quantitative estimate of drug-likeness (QED) is 0.115. The number of carbonyl (C=O) groups is 3. The number of hydrogen-bond acceptors (Lipinski definition) is 4. The second-order valence-corrected chi connectivity index (χ2v) is 8.22. The number of aliphatic hydroxyl groups is 1. The number of hydrogen-bond donors (Lipinski definition) is 3. The summed E-state index contributed by atoms with van der Waals surface area (Å²) in [5.41, 5.74) is 0. The lowest BCUT2D eigenvalue weighted by molar-refractivity contribution is -0.142. The van der Waals surface area contributed by atoms with Crippen LogP contribution in [0.1, 0.15) is 116 Å². The van der Waals surface area contributed by atoms with Crippen molar-refractivity contribution in [1.29, 1.82) is 0 Å². The van der Waals surface area contributed by atoms with Crippen molar-refractivity contribution < 1.29 is 24.6 Å². The average Bonchev–Trinajstić information content (AvgIpc) is 2.70. The highest BCUT2D eigenvalue weighted by atomic mass is 16.4. The number of carboxylic acid groups (broad SMARTS) is 1. The molecule has 0 aliphatic carbocycles. The lowest BCUT2D eigenvalue weighted by atomic mass is 10.0. The minimum Gasteiger partial charge on any atom is -0.513 e. The van der Waals surface area contributed by atoms with Crippen molar-refractivity contribution >= 4 is 18.2 Å². The molecule has 0 radical (unpaired) electrons. The van der Waals surface area contributed by atoms with E-state index >= 15 is 0 Å². The predicted octanol–water partition coefficient (Wildman–Crippen LogP) is 5.85. The third-order valence-electron chi connectivity index (χ3n) is 5.33. The zero-order chi connectivity index (χ0) is 22.5. The number of aliphatic hydroxyl groups excluding tert-OH is 1. The van der Waals surface area contributed by atoms with Crippen LogP contribution in [0.5, 0.6) is 0 Å².